The Morgan fingerprint density at radius 1 is 1.20 bits per heavy atom. The number of benzene rings is 2. The topological polar surface area (TPSA) is 26.3 Å². The van der Waals surface area contributed by atoms with Crippen molar-refractivity contribution >= 4 is 17.4 Å². The second-order valence-electron chi connectivity index (χ2n) is 4.73. The number of hydrogen-bond acceptors (Lipinski definition) is 2. The molecule has 0 spiro atoms. The van der Waals surface area contributed by atoms with Crippen LogP contribution in [0, 0.1) is 5.82 Å². The molecule has 2 nitrogen and oxygen atoms in total. The van der Waals surface area contributed by atoms with Crippen LogP contribution >= 0.6 is 11.6 Å². The zero-order valence-corrected chi connectivity index (χ0v) is 11.4. The van der Waals surface area contributed by atoms with Gasteiger partial charge in [-0.3, -0.25) is 4.79 Å². The summed E-state index contributed by atoms with van der Waals surface area (Å²) in [6, 6.07) is 9.15. The largest absolute Gasteiger partial charge is 0.493 e. The summed E-state index contributed by atoms with van der Waals surface area (Å²) in [5.74, 6) is 0.173. The van der Waals surface area contributed by atoms with E-state index in [2.05, 4.69) is 0 Å². The van der Waals surface area contributed by atoms with E-state index in [0.717, 1.165) is 30.2 Å². The normalized spacial score (nSPS) is 13.5. The van der Waals surface area contributed by atoms with Crippen molar-refractivity contribution in [1.82, 2.24) is 0 Å². The summed E-state index contributed by atoms with van der Waals surface area (Å²) < 4.78 is 18.5. The van der Waals surface area contributed by atoms with Gasteiger partial charge >= 0.3 is 0 Å². The van der Waals surface area contributed by atoms with Gasteiger partial charge < -0.3 is 4.74 Å². The van der Waals surface area contributed by atoms with Crippen molar-refractivity contribution in [2.45, 2.75) is 12.8 Å². The third-order valence-corrected chi connectivity index (χ3v) is 3.66. The third kappa shape index (κ3) is 2.41. The summed E-state index contributed by atoms with van der Waals surface area (Å²) >= 11 is 5.93. The van der Waals surface area contributed by atoms with Crippen LogP contribution in [0.5, 0.6) is 5.75 Å². The van der Waals surface area contributed by atoms with Crippen LogP contribution in [0.25, 0.3) is 0 Å². The summed E-state index contributed by atoms with van der Waals surface area (Å²) in [4.78, 5) is 12.4. The van der Waals surface area contributed by atoms with E-state index >= 15 is 0 Å². The van der Waals surface area contributed by atoms with E-state index in [9.17, 15) is 9.18 Å². The van der Waals surface area contributed by atoms with Gasteiger partial charge in [0.05, 0.1) is 11.6 Å². The molecule has 102 valence electrons. The molecule has 0 fully saturated rings. The molecule has 4 heteroatoms. The van der Waals surface area contributed by atoms with Crippen LogP contribution in [0.15, 0.2) is 36.4 Å². The maximum absolute atomic E-state index is 13.0. The van der Waals surface area contributed by atoms with Crippen molar-refractivity contribution in [3.8, 4) is 5.75 Å². The molecule has 0 bridgehead atoms. The molecule has 0 atom stereocenters. The van der Waals surface area contributed by atoms with Gasteiger partial charge in [0.25, 0.3) is 0 Å². The number of carbonyl (C=O) groups is 1. The van der Waals surface area contributed by atoms with Gasteiger partial charge in [-0.05, 0) is 54.8 Å². The lowest BCUT2D eigenvalue weighted by atomic mass is 9.98. The van der Waals surface area contributed by atoms with Crippen molar-refractivity contribution in [3.05, 3.63) is 63.9 Å². The van der Waals surface area contributed by atoms with Crippen molar-refractivity contribution < 1.29 is 13.9 Å². The third-order valence-electron chi connectivity index (χ3n) is 3.35. The minimum atomic E-state index is -0.453. The van der Waals surface area contributed by atoms with Gasteiger partial charge in [0.2, 0.25) is 0 Å². The van der Waals surface area contributed by atoms with Crippen LogP contribution < -0.4 is 4.74 Å². The van der Waals surface area contributed by atoms with Crippen LogP contribution in [0.1, 0.15) is 27.9 Å². The number of carbonyl (C=O) groups excluding carboxylic acids is 1. The van der Waals surface area contributed by atoms with Crippen LogP contribution in [-0.2, 0) is 6.42 Å². The molecule has 3 rings (SSSR count). The SMILES string of the molecule is O=C(c1ccc2c(c1)CCCO2)c1ccc(F)cc1Cl. The second kappa shape index (κ2) is 5.25. The van der Waals surface area contributed by atoms with Crippen LogP contribution in [-0.4, -0.2) is 12.4 Å². The maximum Gasteiger partial charge on any atom is 0.194 e. The van der Waals surface area contributed by atoms with Crippen LogP contribution in [0.4, 0.5) is 4.39 Å². The quantitative estimate of drug-likeness (QED) is 0.781. The zero-order chi connectivity index (χ0) is 14.1. The molecule has 0 aromatic heterocycles. The molecule has 2 aromatic rings. The maximum atomic E-state index is 13.0. The molecular weight excluding hydrogens is 279 g/mol. The number of aryl methyl sites for hydroxylation is 1. The molecule has 1 heterocycles. The fourth-order valence-electron chi connectivity index (χ4n) is 2.33. The summed E-state index contributed by atoms with van der Waals surface area (Å²) in [6.45, 7) is 0.712. The van der Waals surface area contributed by atoms with Gasteiger partial charge in [-0.25, -0.2) is 4.39 Å². The van der Waals surface area contributed by atoms with E-state index in [1.165, 1.54) is 12.1 Å². The lowest BCUT2D eigenvalue weighted by Crippen LogP contribution is -2.10. The lowest BCUT2D eigenvalue weighted by molar-refractivity contribution is 0.103. The van der Waals surface area contributed by atoms with Gasteiger partial charge in [0.15, 0.2) is 5.78 Å². The Hall–Kier alpha value is -1.87. The predicted molar refractivity (Wildman–Crippen MR) is 75.1 cm³/mol. The molecule has 0 saturated heterocycles. The van der Waals surface area contributed by atoms with Gasteiger partial charge in [-0.15, -0.1) is 0 Å². The Kier molecular flexibility index (Phi) is 3.45. The van der Waals surface area contributed by atoms with E-state index in [4.69, 9.17) is 16.3 Å². The Morgan fingerprint density at radius 2 is 2.05 bits per heavy atom. The molecule has 0 N–H and O–H groups in total. The summed E-state index contributed by atoms with van der Waals surface area (Å²) in [5.41, 5.74) is 1.88. The first kappa shape index (κ1) is 13.1. The Morgan fingerprint density at radius 3 is 2.85 bits per heavy atom. The molecule has 1 aliphatic rings. The smallest absolute Gasteiger partial charge is 0.194 e. The highest BCUT2D eigenvalue weighted by atomic mass is 35.5. The molecule has 1 aliphatic heterocycles. The molecule has 20 heavy (non-hydrogen) atoms. The van der Waals surface area contributed by atoms with Crippen molar-refractivity contribution in [2.75, 3.05) is 6.61 Å². The average molecular weight is 291 g/mol. The number of ketones is 1. The van der Waals surface area contributed by atoms with E-state index in [0.29, 0.717) is 17.7 Å². The van der Waals surface area contributed by atoms with Gasteiger partial charge in [0.1, 0.15) is 11.6 Å². The number of rotatable bonds is 2. The van der Waals surface area contributed by atoms with E-state index < -0.39 is 5.82 Å². The first-order chi connectivity index (χ1) is 9.65. The molecule has 0 unspecified atom stereocenters. The Bertz CT molecular complexity index is 682. The molecule has 0 aliphatic carbocycles. The standard InChI is InChI=1S/C16H12ClFO2/c17-14-9-12(18)4-5-13(14)16(19)11-3-6-15-10(8-11)2-1-7-20-15/h3-6,8-9H,1-2,7H2. The predicted octanol–water partition coefficient (Wildman–Crippen LogP) is 4.04. The summed E-state index contributed by atoms with van der Waals surface area (Å²) in [6.07, 6.45) is 1.84. The van der Waals surface area contributed by atoms with Crippen molar-refractivity contribution in [2.24, 2.45) is 0 Å². The lowest BCUT2D eigenvalue weighted by Gasteiger charge is -2.17. The zero-order valence-electron chi connectivity index (χ0n) is 10.7. The van der Waals surface area contributed by atoms with E-state index in [1.54, 1.807) is 12.1 Å². The van der Waals surface area contributed by atoms with Crippen molar-refractivity contribution in [1.29, 1.82) is 0 Å². The van der Waals surface area contributed by atoms with E-state index in [-0.39, 0.29) is 10.8 Å². The van der Waals surface area contributed by atoms with Gasteiger partial charge in [-0.2, -0.15) is 0 Å². The first-order valence-electron chi connectivity index (χ1n) is 6.40. The number of halogens is 2. The van der Waals surface area contributed by atoms with Crippen LogP contribution in [0.2, 0.25) is 5.02 Å². The van der Waals surface area contributed by atoms with Gasteiger partial charge in [-0.1, -0.05) is 11.6 Å². The summed E-state index contributed by atoms with van der Waals surface area (Å²) in [5, 5.41) is 0.129. The molecule has 2 aromatic carbocycles. The molecule has 0 radical (unpaired) electrons. The highest BCUT2D eigenvalue weighted by Crippen LogP contribution is 2.27. The molecule has 0 saturated carbocycles. The number of fused-ring (bicyclic) bond motifs is 1. The highest BCUT2D eigenvalue weighted by molar-refractivity contribution is 6.35. The second-order valence-corrected chi connectivity index (χ2v) is 5.14. The Labute approximate surface area is 121 Å². The summed E-state index contributed by atoms with van der Waals surface area (Å²) in [7, 11) is 0. The number of ether oxygens (including phenoxy) is 1. The minimum absolute atomic E-state index is 0.129. The monoisotopic (exact) mass is 290 g/mol. The first-order valence-corrected chi connectivity index (χ1v) is 6.78. The highest BCUT2D eigenvalue weighted by Gasteiger charge is 2.17. The average Bonchev–Trinajstić information content (AvgIpc) is 2.46. The van der Waals surface area contributed by atoms with Crippen molar-refractivity contribution in [3.63, 3.8) is 0 Å². The minimum Gasteiger partial charge on any atom is -0.493 e. The van der Waals surface area contributed by atoms with E-state index in [1.807, 2.05) is 6.07 Å². The Balaban J connectivity index is 1.98. The number of hydrogen-bond donors (Lipinski definition) is 0. The van der Waals surface area contributed by atoms with Gasteiger partial charge in [0, 0.05) is 11.1 Å². The van der Waals surface area contributed by atoms with Crippen LogP contribution in [0.3, 0.4) is 0 Å². The fraction of sp³-hybridized carbons (Fsp3) is 0.188. The fourth-order valence-corrected chi connectivity index (χ4v) is 2.58. The molecule has 0 amide bonds. The molecular formula is C16H12ClFO2.